The van der Waals surface area contributed by atoms with Gasteiger partial charge in [0.25, 0.3) is 5.91 Å². The van der Waals surface area contributed by atoms with Gasteiger partial charge in [0, 0.05) is 38.5 Å². The molecule has 1 heterocycles. The van der Waals surface area contributed by atoms with Gasteiger partial charge < -0.3 is 10.6 Å². The topological polar surface area (TPSA) is 58.2 Å². The second kappa shape index (κ2) is 8.40. The molecule has 4 rings (SSSR count). The minimum atomic E-state index is -0.169. The molecule has 0 spiro atoms. The van der Waals surface area contributed by atoms with E-state index < -0.39 is 0 Å². The molecule has 6 heteroatoms. The van der Waals surface area contributed by atoms with Gasteiger partial charge in [-0.15, -0.1) is 23.5 Å². The van der Waals surface area contributed by atoms with Gasteiger partial charge in [-0.05, 0) is 55.3 Å². The largest absolute Gasteiger partial charge is 0.325 e. The maximum absolute atomic E-state index is 12.6. The standard InChI is InChI=1S/C21H22N2O2S2/c24-20-11-12-26-19-10-5-14(13-18(19)23-20)21(25)22-15-6-8-17(9-7-15)27-16-3-1-2-4-16/h5-10,13,16H,1-4,11-12H2,(H,22,25)(H,23,24). The molecule has 0 atom stereocenters. The lowest BCUT2D eigenvalue weighted by molar-refractivity contribution is -0.115. The maximum atomic E-state index is 12.6. The molecule has 1 aliphatic heterocycles. The lowest BCUT2D eigenvalue weighted by atomic mass is 10.1. The first-order chi connectivity index (χ1) is 13.2. The molecule has 2 aliphatic rings. The smallest absolute Gasteiger partial charge is 0.255 e. The van der Waals surface area contributed by atoms with Gasteiger partial charge in [-0.1, -0.05) is 12.8 Å². The van der Waals surface area contributed by atoms with E-state index in [4.69, 9.17) is 0 Å². The molecule has 0 saturated heterocycles. The highest BCUT2D eigenvalue weighted by Gasteiger charge is 2.17. The highest BCUT2D eigenvalue weighted by molar-refractivity contribution is 8.00. The lowest BCUT2D eigenvalue weighted by Gasteiger charge is -2.11. The number of anilines is 2. The van der Waals surface area contributed by atoms with E-state index in [-0.39, 0.29) is 11.8 Å². The van der Waals surface area contributed by atoms with Crippen LogP contribution in [0.3, 0.4) is 0 Å². The number of amides is 2. The van der Waals surface area contributed by atoms with Crippen LogP contribution in [0, 0.1) is 0 Å². The summed E-state index contributed by atoms with van der Waals surface area (Å²) in [5, 5.41) is 6.56. The van der Waals surface area contributed by atoms with Crippen molar-refractivity contribution in [3.63, 3.8) is 0 Å². The average molecular weight is 399 g/mol. The number of benzene rings is 2. The van der Waals surface area contributed by atoms with E-state index in [1.54, 1.807) is 17.8 Å². The van der Waals surface area contributed by atoms with E-state index in [1.165, 1.54) is 30.6 Å². The van der Waals surface area contributed by atoms with Crippen LogP contribution in [0.5, 0.6) is 0 Å². The molecule has 0 radical (unpaired) electrons. The molecule has 140 valence electrons. The van der Waals surface area contributed by atoms with Gasteiger partial charge in [0.05, 0.1) is 5.69 Å². The number of thioether (sulfide) groups is 2. The summed E-state index contributed by atoms with van der Waals surface area (Å²) in [6.45, 7) is 0. The molecule has 2 amide bonds. The third-order valence-electron chi connectivity index (χ3n) is 4.82. The van der Waals surface area contributed by atoms with Crippen molar-refractivity contribution in [3.8, 4) is 0 Å². The van der Waals surface area contributed by atoms with Crippen LogP contribution in [0.15, 0.2) is 52.3 Å². The Morgan fingerprint density at radius 1 is 1.11 bits per heavy atom. The zero-order valence-electron chi connectivity index (χ0n) is 15.0. The van der Waals surface area contributed by atoms with Crippen molar-refractivity contribution in [2.45, 2.75) is 47.1 Å². The first kappa shape index (κ1) is 18.4. The first-order valence-corrected chi connectivity index (χ1v) is 11.2. The lowest BCUT2D eigenvalue weighted by Crippen LogP contribution is -2.14. The minimum absolute atomic E-state index is 0.00541. The molecular weight excluding hydrogens is 376 g/mol. The van der Waals surface area contributed by atoms with Crippen molar-refractivity contribution >= 4 is 46.7 Å². The summed E-state index contributed by atoms with van der Waals surface area (Å²) in [6.07, 6.45) is 5.77. The number of hydrogen-bond donors (Lipinski definition) is 2. The van der Waals surface area contributed by atoms with Gasteiger partial charge in [-0.25, -0.2) is 0 Å². The predicted octanol–water partition coefficient (Wildman–Crippen LogP) is 5.41. The van der Waals surface area contributed by atoms with Crippen molar-refractivity contribution in [1.82, 2.24) is 0 Å². The molecule has 0 unspecified atom stereocenters. The van der Waals surface area contributed by atoms with Crippen LogP contribution >= 0.6 is 23.5 Å². The van der Waals surface area contributed by atoms with E-state index in [1.807, 2.05) is 36.0 Å². The summed E-state index contributed by atoms with van der Waals surface area (Å²) >= 11 is 3.57. The molecule has 4 nitrogen and oxygen atoms in total. The van der Waals surface area contributed by atoms with Crippen LogP contribution in [-0.2, 0) is 4.79 Å². The zero-order chi connectivity index (χ0) is 18.6. The molecule has 27 heavy (non-hydrogen) atoms. The van der Waals surface area contributed by atoms with E-state index in [0.717, 1.165) is 27.3 Å². The van der Waals surface area contributed by atoms with Crippen molar-refractivity contribution in [2.24, 2.45) is 0 Å². The van der Waals surface area contributed by atoms with Crippen molar-refractivity contribution < 1.29 is 9.59 Å². The quantitative estimate of drug-likeness (QED) is 0.723. The second-order valence-electron chi connectivity index (χ2n) is 6.86. The second-order valence-corrected chi connectivity index (χ2v) is 9.37. The highest BCUT2D eigenvalue weighted by Crippen LogP contribution is 2.35. The Kier molecular flexibility index (Phi) is 5.74. The SMILES string of the molecule is O=C1CCSc2ccc(C(=O)Nc3ccc(SC4CCCC4)cc3)cc2N1. The Morgan fingerprint density at radius 3 is 2.67 bits per heavy atom. The van der Waals surface area contributed by atoms with Gasteiger partial charge in [-0.2, -0.15) is 0 Å². The fourth-order valence-corrected chi connectivity index (χ4v) is 5.56. The van der Waals surface area contributed by atoms with Gasteiger partial charge in [0.15, 0.2) is 0 Å². The highest BCUT2D eigenvalue weighted by atomic mass is 32.2. The Bertz CT molecular complexity index is 846. The summed E-state index contributed by atoms with van der Waals surface area (Å²) in [7, 11) is 0. The number of fused-ring (bicyclic) bond motifs is 1. The van der Waals surface area contributed by atoms with Crippen LogP contribution in [0.25, 0.3) is 0 Å². The van der Waals surface area contributed by atoms with Crippen molar-refractivity contribution in [3.05, 3.63) is 48.0 Å². The van der Waals surface area contributed by atoms with E-state index in [0.29, 0.717) is 12.0 Å². The van der Waals surface area contributed by atoms with Crippen molar-refractivity contribution in [1.29, 1.82) is 0 Å². The van der Waals surface area contributed by atoms with Crippen LogP contribution < -0.4 is 10.6 Å². The number of hydrogen-bond acceptors (Lipinski definition) is 4. The average Bonchev–Trinajstić information content (AvgIpc) is 3.10. The molecule has 0 bridgehead atoms. The predicted molar refractivity (Wildman–Crippen MR) is 113 cm³/mol. The third kappa shape index (κ3) is 4.68. The molecule has 2 aromatic carbocycles. The first-order valence-electron chi connectivity index (χ1n) is 9.32. The molecule has 1 saturated carbocycles. The number of carbonyl (C=O) groups is 2. The van der Waals surface area contributed by atoms with Gasteiger partial charge in [-0.3, -0.25) is 9.59 Å². The Morgan fingerprint density at radius 2 is 1.89 bits per heavy atom. The Labute approximate surface area is 167 Å². The van der Waals surface area contributed by atoms with Crippen LogP contribution in [0.4, 0.5) is 11.4 Å². The van der Waals surface area contributed by atoms with Crippen LogP contribution in [0.1, 0.15) is 42.5 Å². The van der Waals surface area contributed by atoms with Crippen LogP contribution in [0.2, 0.25) is 0 Å². The molecule has 2 aromatic rings. The van der Waals surface area contributed by atoms with E-state index in [9.17, 15) is 9.59 Å². The molecule has 2 N–H and O–H groups in total. The van der Waals surface area contributed by atoms with Gasteiger partial charge in [0.1, 0.15) is 0 Å². The summed E-state index contributed by atoms with van der Waals surface area (Å²) in [6, 6.07) is 13.5. The maximum Gasteiger partial charge on any atom is 0.255 e. The number of nitrogens with one attached hydrogen (secondary N) is 2. The molecule has 0 aromatic heterocycles. The van der Waals surface area contributed by atoms with E-state index >= 15 is 0 Å². The fourth-order valence-electron chi connectivity index (χ4n) is 3.38. The Hall–Kier alpha value is -1.92. The van der Waals surface area contributed by atoms with Gasteiger partial charge >= 0.3 is 0 Å². The minimum Gasteiger partial charge on any atom is -0.325 e. The van der Waals surface area contributed by atoms with Crippen molar-refractivity contribution in [2.75, 3.05) is 16.4 Å². The monoisotopic (exact) mass is 398 g/mol. The van der Waals surface area contributed by atoms with E-state index in [2.05, 4.69) is 22.8 Å². The molecular formula is C21H22N2O2S2. The summed E-state index contributed by atoms with van der Waals surface area (Å²) < 4.78 is 0. The van der Waals surface area contributed by atoms with Crippen LogP contribution in [-0.4, -0.2) is 22.8 Å². The number of rotatable bonds is 4. The fraction of sp³-hybridized carbons (Fsp3) is 0.333. The summed E-state index contributed by atoms with van der Waals surface area (Å²) in [4.78, 5) is 26.6. The summed E-state index contributed by atoms with van der Waals surface area (Å²) in [5.74, 6) is 0.585. The summed E-state index contributed by atoms with van der Waals surface area (Å²) in [5.41, 5.74) is 2.04. The molecule has 1 fully saturated rings. The number of carbonyl (C=O) groups excluding carboxylic acids is 2. The molecule has 1 aliphatic carbocycles. The normalized spacial score (nSPS) is 17.1. The Balaban J connectivity index is 1.42. The third-order valence-corrected chi connectivity index (χ3v) is 7.24. The van der Waals surface area contributed by atoms with Gasteiger partial charge in [0.2, 0.25) is 5.91 Å². The zero-order valence-corrected chi connectivity index (χ0v) is 16.6.